The Balaban J connectivity index is 2.07. The summed E-state index contributed by atoms with van der Waals surface area (Å²) in [5.74, 6) is 0.608. The van der Waals surface area contributed by atoms with Crippen molar-refractivity contribution >= 4 is 23.5 Å². The van der Waals surface area contributed by atoms with E-state index >= 15 is 0 Å². The van der Waals surface area contributed by atoms with Gasteiger partial charge in [-0.1, -0.05) is 48.2 Å². The van der Waals surface area contributed by atoms with Crippen LogP contribution in [0.1, 0.15) is 23.5 Å². The molecular weight excluding hydrogens is 298 g/mol. The van der Waals surface area contributed by atoms with E-state index in [0.717, 1.165) is 5.56 Å². The molecule has 0 spiro atoms. The van der Waals surface area contributed by atoms with Crippen molar-refractivity contribution in [1.29, 1.82) is 0 Å². The van der Waals surface area contributed by atoms with Gasteiger partial charge in [0.15, 0.2) is 5.16 Å². The molecule has 0 saturated heterocycles. The van der Waals surface area contributed by atoms with E-state index in [1.807, 2.05) is 30.3 Å². The highest BCUT2D eigenvalue weighted by atomic mass is 32.2. The van der Waals surface area contributed by atoms with E-state index in [-0.39, 0.29) is 23.8 Å². The van der Waals surface area contributed by atoms with Crippen LogP contribution in [-0.2, 0) is 4.79 Å². The first-order valence-electron chi connectivity index (χ1n) is 6.91. The number of aromatic amines is 1. The summed E-state index contributed by atoms with van der Waals surface area (Å²) in [6, 6.07) is 9.55. The summed E-state index contributed by atoms with van der Waals surface area (Å²) in [6.45, 7) is 3.64. The quantitative estimate of drug-likeness (QED) is 0.517. The molecule has 22 heavy (non-hydrogen) atoms. The van der Waals surface area contributed by atoms with Gasteiger partial charge < -0.3 is 10.3 Å². The molecule has 2 N–H and O–H groups in total. The normalized spacial score (nSPS) is 16.7. The maximum Gasteiger partial charge on any atom is 0.257 e. The maximum atomic E-state index is 12.5. The lowest BCUT2D eigenvalue weighted by Gasteiger charge is -2.24. The molecule has 6 heteroatoms. The molecule has 112 valence electrons. The lowest BCUT2D eigenvalue weighted by atomic mass is 9.87. The SMILES string of the molecule is C=CCSc1nc2c(c(=O)[nH]1)[C@@H](c1ccccc1)CC(=O)N2. The second-order valence-corrected chi connectivity index (χ2v) is 5.96. The summed E-state index contributed by atoms with van der Waals surface area (Å²) in [5, 5.41) is 3.19. The van der Waals surface area contributed by atoms with Crippen molar-refractivity contribution < 1.29 is 4.79 Å². The summed E-state index contributed by atoms with van der Waals surface area (Å²) in [7, 11) is 0. The number of hydrogen-bond donors (Lipinski definition) is 2. The third kappa shape index (κ3) is 2.82. The number of benzene rings is 1. The van der Waals surface area contributed by atoms with Gasteiger partial charge >= 0.3 is 0 Å². The van der Waals surface area contributed by atoms with Gasteiger partial charge in [0.2, 0.25) is 5.91 Å². The highest BCUT2D eigenvalue weighted by Crippen LogP contribution is 2.34. The first-order chi connectivity index (χ1) is 10.7. The largest absolute Gasteiger partial charge is 0.310 e. The Bertz CT molecular complexity index is 771. The topological polar surface area (TPSA) is 74.8 Å². The zero-order valence-electron chi connectivity index (χ0n) is 11.8. The summed E-state index contributed by atoms with van der Waals surface area (Å²) < 4.78 is 0. The number of amides is 1. The lowest BCUT2D eigenvalue weighted by molar-refractivity contribution is -0.116. The number of thioether (sulfide) groups is 1. The molecule has 1 aliphatic heterocycles. The van der Waals surface area contributed by atoms with Crippen molar-refractivity contribution in [2.24, 2.45) is 0 Å². The lowest BCUT2D eigenvalue weighted by Crippen LogP contribution is -2.31. The van der Waals surface area contributed by atoms with Gasteiger partial charge in [0.05, 0.1) is 5.56 Å². The zero-order valence-corrected chi connectivity index (χ0v) is 12.7. The van der Waals surface area contributed by atoms with Crippen LogP contribution in [0.25, 0.3) is 0 Å². The summed E-state index contributed by atoms with van der Waals surface area (Å²) >= 11 is 1.37. The Hall–Kier alpha value is -2.34. The number of nitrogens with one attached hydrogen (secondary N) is 2. The van der Waals surface area contributed by atoms with Crippen LogP contribution in [0.15, 0.2) is 52.9 Å². The van der Waals surface area contributed by atoms with Crippen LogP contribution in [-0.4, -0.2) is 21.6 Å². The number of rotatable bonds is 4. The minimum atomic E-state index is -0.264. The highest BCUT2D eigenvalue weighted by molar-refractivity contribution is 7.99. The van der Waals surface area contributed by atoms with Crippen LogP contribution in [0.5, 0.6) is 0 Å². The van der Waals surface area contributed by atoms with Crippen molar-refractivity contribution in [2.75, 3.05) is 11.1 Å². The van der Waals surface area contributed by atoms with E-state index in [1.165, 1.54) is 11.8 Å². The van der Waals surface area contributed by atoms with Crippen molar-refractivity contribution in [3.05, 3.63) is 64.5 Å². The molecule has 0 bridgehead atoms. The predicted molar refractivity (Wildman–Crippen MR) is 87.3 cm³/mol. The number of hydrogen-bond acceptors (Lipinski definition) is 4. The summed E-state index contributed by atoms with van der Waals surface area (Å²) in [6.07, 6.45) is 1.98. The molecule has 0 unspecified atom stereocenters. The van der Waals surface area contributed by atoms with Gasteiger partial charge in [0.1, 0.15) is 5.82 Å². The molecule has 2 heterocycles. The van der Waals surface area contributed by atoms with Gasteiger partial charge in [-0.05, 0) is 5.56 Å². The molecule has 1 aliphatic rings. The van der Waals surface area contributed by atoms with Gasteiger partial charge in [-0.3, -0.25) is 9.59 Å². The average Bonchev–Trinajstić information content (AvgIpc) is 2.52. The second-order valence-electron chi connectivity index (χ2n) is 4.95. The van der Waals surface area contributed by atoms with Gasteiger partial charge in [0.25, 0.3) is 5.56 Å². The summed E-state index contributed by atoms with van der Waals surface area (Å²) in [4.78, 5) is 31.6. The first-order valence-corrected chi connectivity index (χ1v) is 7.90. The molecule has 0 aliphatic carbocycles. The van der Waals surface area contributed by atoms with E-state index < -0.39 is 0 Å². The minimum Gasteiger partial charge on any atom is -0.310 e. The number of anilines is 1. The van der Waals surface area contributed by atoms with E-state index in [4.69, 9.17) is 0 Å². The standard InChI is InChI=1S/C16H15N3O2S/c1-2-8-22-16-18-14-13(15(21)19-16)11(9-12(20)17-14)10-6-4-3-5-7-10/h2-7,11H,1,8-9H2,(H2,17,18,19,20,21)/t11-/m1/s1. The average molecular weight is 313 g/mol. The molecule has 5 nitrogen and oxygen atoms in total. The molecule has 0 fully saturated rings. The number of nitrogens with zero attached hydrogens (tertiary/aromatic N) is 1. The van der Waals surface area contributed by atoms with E-state index in [9.17, 15) is 9.59 Å². The predicted octanol–water partition coefficient (Wildman–Crippen LogP) is 2.52. The van der Waals surface area contributed by atoms with Crippen LogP contribution in [0.4, 0.5) is 5.82 Å². The number of carbonyl (C=O) groups excluding carboxylic acids is 1. The van der Waals surface area contributed by atoms with Crippen molar-refractivity contribution in [2.45, 2.75) is 17.5 Å². The second kappa shape index (κ2) is 6.19. The Morgan fingerprint density at radius 2 is 2.09 bits per heavy atom. The minimum absolute atomic E-state index is 0.126. The maximum absolute atomic E-state index is 12.5. The third-order valence-corrected chi connectivity index (χ3v) is 4.34. The van der Waals surface area contributed by atoms with Crippen molar-refractivity contribution in [1.82, 2.24) is 9.97 Å². The van der Waals surface area contributed by atoms with Crippen LogP contribution in [0.2, 0.25) is 0 Å². The first kappa shape index (κ1) is 14.6. The Labute approximate surface area is 131 Å². The molecule has 0 saturated carbocycles. The fraction of sp³-hybridized carbons (Fsp3) is 0.188. The molecule has 1 aromatic carbocycles. The number of fused-ring (bicyclic) bond motifs is 1. The molecule has 3 rings (SSSR count). The van der Waals surface area contributed by atoms with Gasteiger partial charge in [0, 0.05) is 18.1 Å². The van der Waals surface area contributed by atoms with Crippen molar-refractivity contribution in [3.63, 3.8) is 0 Å². The fourth-order valence-electron chi connectivity index (χ4n) is 2.53. The van der Waals surface area contributed by atoms with E-state index in [2.05, 4.69) is 21.9 Å². The Kier molecular flexibility index (Phi) is 4.11. The third-order valence-electron chi connectivity index (χ3n) is 3.47. The highest BCUT2D eigenvalue weighted by Gasteiger charge is 2.30. The number of aromatic nitrogens is 2. The molecule has 1 atom stereocenters. The number of H-pyrrole nitrogens is 1. The molecule has 1 aromatic heterocycles. The molecular formula is C16H15N3O2S. The monoisotopic (exact) mass is 313 g/mol. The van der Waals surface area contributed by atoms with E-state index in [0.29, 0.717) is 22.3 Å². The van der Waals surface area contributed by atoms with Gasteiger partial charge in [-0.15, -0.1) is 6.58 Å². The van der Waals surface area contributed by atoms with Crippen molar-refractivity contribution in [3.8, 4) is 0 Å². The van der Waals surface area contributed by atoms with Gasteiger partial charge in [-0.25, -0.2) is 4.98 Å². The smallest absolute Gasteiger partial charge is 0.257 e. The zero-order chi connectivity index (χ0) is 15.5. The Morgan fingerprint density at radius 1 is 1.32 bits per heavy atom. The Morgan fingerprint density at radius 3 is 2.82 bits per heavy atom. The van der Waals surface area contributed by atoms with Gasteiger partial charge in [-0.2, -0.15) is 0 Å². The van der Waals surface area contributed by atoms with Crippen LogP contribution in [0, 0.1) is 0 Å². The van der Waals surface area contributed by atoms with Crippen LogP contribution in [0.3, 0.4) is 0 Å². The van der Waals surface area contributed by atoms with Crippen LogP contribution >= 0.6 is 11.8 Å². The number of carbonyl (C=O) groups is 1. The molecule has 2 aromatic rings. The van der Waals surface area contributed by atoms with Crippen LogP contribution < -0.4 is 10.9 Å². The molecule has 0 radical (unpaired) electrons. The van der Waals surface area contributed by atoms with E-state index in [1.54, 1.807) is 6.08 Å². The fourth-order valence-corrected chi connectivity index (χ4v) is 3.12. The summed E-state index contributed by atoms with van der Waals surface area (Å²) in [5.41, 5.74) is 1.26. The molecule has 1 amide bonds.